The number of fused-ring (bicyclic) bond motifs is 10. The third-order valence-corrected chi connectivity index (χ3v) is 13.6. The Bertz CT molecular complexity index is 3430. The molecular formula is C52H30S2. The van der Waals surface area contributed by atoms with Crippen molar-refractivity contribution in [3.63, 3.8) is 0 Å². The van der Waals surface area contributed by atoms with E-state index in [1.54, 1.807) is 0 Å². The second kappa shape index (κ2) is 11.6. The predicted octanol–water partition coefficient (Wildman–Crippen LogP) is 16.0. The van der Waals surface area contributed by atoms with Gasteiger partial charge in [-0.15, -0.1) is 22.7 Å². The van der Waals surface area contributed by atoms with Crippen molar-refractivity contribution in [2.45, 2.75) is 0 Å². The molecule has 250 valence electrons. The van der Waals surface area contributed by atoms with Crippen molar-refractivity contribution >= 4 is 106 Å². The Labute approximate surface area is 319 Å². The zero-order valence-electron chi connectivity index (χ0n) is 29.1. The van der Waals surface area contributed by atoms with Crippen LogP contribution in [0.1, 0.15) is 0 Å². The average Bonchev–Trinajstić information content (AvgIpc) is 3.77. The monoisotopic (exact) mass is 718 g/mol. The van der Waals surface area contributed by atoms with E-state index in [0.29, 0.717) is 0 Å². The minimum absolute atomic E-state index is 1.24. The highest BCUT2D eigenvalue weighted by atomic mass is 32.1. The van der Waals surface area contributed by atoms with Crippen LogP contribution in [0.2, 0.25) is 0 Å². The molecule has 0 fully saturated rings. The molecule has 0 bridgehead atoms. The summed E-state index contributed by atoms with van der Waals surface area (Å²) in [7, 11) is 0. The van der Waals surface area contributed by atoms with Crippen molar-refractivity contribution in [3.8, 4) is 33.4 Å². The summed E-state index contributed by atoms with van der Waals surface area (Å²) in [5.41, 5.74) is 7.57. The van der Waals surface area contributed by atoms with Gasteiger partial charge in [0.25, 0.3) is 0 Å². The van der Waals surface area contributed by atoms with Gasteiger partial charge < -0.3 is 0 Å². The van der Waals surface area contributed by atoms with E-state index in [0.717, 1.165) is 0 Å². The number of rotatable bonds is 3. The van der Waals surface area contributed by atoms with Crippen molar-refractivity contribution in [3.05, 3.63) is 182 Å². The molecule has 0 unspecified atom stereocenters. The third kappa shape index (κ3) is 4.54. The Kier molecular flexibility index (Phi) is 6.48. The lowest BCUT2D eigenvalue weighted by molar-refractivity contribution is 1.66. The van der Waals surface area contributed by atoms with Crippen LogP contribution in [0.25, 0.3) is 117 Å². The first-order chi connectivity index (χ1) is 26.7. The fourth-order valence-corrected chi connectivity index (χ4v) is 11.2. The van der Waals surface area contributed by atoms with E-state index in [9.17, 15) is 0 Å². The highest BCUT2D eigenvalue weighted by molar-refractivity contribution is 7.28. The molecule has 0 spiro atoms. The third-order valence-electron chi connectivity index (χ3n) is 11.4. The van der Waals surface area contributed by atoms with E-state index < -0.39 is 0 Å². The maximum atomic E-state index is 2.42. The molecule has 0 saturated heterocycles. The van der Waals surface area contributed by atoms with Crippen LogP contribution < -0.4 is 0 Å². The van der Waals surface area contributed by atoms with Crippen molar-refractivity contribution in [2.75, 3.05) is 0 Å². The van der Waals surface area contributed by atoms with Crippen LogP contribution in [0.4, 0.5) is 0 Å². The summed E-state index contributed by atoms with van der Waals surface area (Å²) in [4.78, 5) is 0. The van der Waals surface area contributed by atoms with E-state index in [1.807, 2.05) is 22.7 Å². The van der Waals surface area contributed by atoms with Crippen LogP contribution in [-0.2, 0) is 0 Å². The highest BCUT2D eigenvalue weighted by Crippen LogP contribution is 2.45. The molecule has 0 amide bonds. The predicted molar refractivity (Wildman–Crippen MR) is 239 cm³/mol. The first-order valence-corrected chi connectivity index (χ1v) is 20.1. The largest absolute Gasteiger partial charge is 0.135 e. The summed E-state index contributed by atoms with van der Waals surface area (Å²) >= 11 is 3.81. The Morgan fingerprint density at radius 1 is 0.222 bits per heavy atom. The van der Waals surface area contributed by atoms with Crippen LogP contribution in [-0.4, -0.2) is 0 Å². The Morgan fingerprint density at radius 2 is 0.667 bits per heavy atom. The van der Waals surface area contributed by atoms with Crippen LogP contribution in [0, 0.1) is 0 Å². The van der Waals surface area contributed by atoms with E-state index in [1.165, 1.54) is 117 Å². The van der Waals surface area contributed by atoms with Gasteiger partial charge in [-0.1, -0.05) is 133 Å². The van der Waals surface area contributed by atoms with Crippen LogP contribution in [0.15, 0.2) is 182 Å². The van der Waals surface area contributed by atoms with Crippen LogP contribution in [0.3, 0.4) is 0 Å². The van der Waals surface area contributed by atoms with Gasteiger partial charge in [0.05, 0.1) is 0 Å². The van der Waals surface area contributed by atoms with Crippen molar-refractivity contribution in [1.82, 2.24) is 0 Å². The lowest BCUT2D eigenvalue weighted by atomic mass is 9.85. The summed E-state index contributed by atoms with van der Waals surface area (Å²) in [6, 6.07) is 67.9. The molecule has 0 nitrogen and oxygen atoms in total. The van der Waals surface area contributed by atoms with Gasteiger partial charge in [0, 0.05) is 40.3 Å². The number of hydrogen-bond donors (Lipinski definition) is 0. The molecule has 2 aromatic heterocycles. The smallest absolute Gasteiger partial charge is 0.0369 e. The van der Waals surface area contributed by atoms with Gasteiger partial charge in [-0.05, 0) is 125 Å². The normalized spacial score (nSPS) is 12.1. The molecule has 0 atom stereocenters. The molecule has 0 N–H and O–H groups in total. The van der Waals surface area contributed by atoms with Gasteiger partial charge >= 0.3 is 0 Å². The second-order valence-corrected chi connectivity index (χ2v) is 16.6. The maximum absolute atomic E-state index is 2.42. The topological polar surface area (TPSA) is 0 Å². The van der Waals surface area contributed by atoms with Gasteiger partial charge in [0.2, 0.25) is 0 Å². The van der Waals surface area contributed by atoms with Gasteiger partial charge in [-0.25, -0.2) is 0 Å². The van der Waals surface area contributed by atoms with Crippen molar-refractivity contribution in [2.24, 2.45) is 0 Å². The van der Waals surface area contributed by atoms with Gasteiger partial charge in [-0.2, -0.15) is 0 Å². The fraction of sp³-hybridized carbons (Fsp3) is 0. The number of benzene rings is 10. The van der Waals surface area contributed by atoms with E-state index in [-0.39, 0.29) is 0 Å². The quantitative estimate of drug-likeness (QED) is 0.160. The standard InChI is InChI=1S/C52H30S2/c1-2-10-31(11-3-1)51-40-13-4-6-15-42(40)52(43-16-7-5-14-41(43)51)37-23-22-33-24-32(18-19-34(33)25-37)35-20-21-36-27-44-46-29-45-39-12-8-9-17-47(39)53-49(45)30-50(46)54-48(44)28-38(36)26-35/h1-30H. The maximum Gasteiger partial charge on any atom is 0.0369 e. The molecule has 12 aromatic rings. The summed E-state index contributed by atoms with van der Waals surface area (Å²) in [5, 5.41) is 15.6. The van der Waals surface area contributed by atoms with Crippen molar-refractivity contribution < 1.29 is 0 Å². The zero-order chi connectivity index (χ0) is 35.3. The average molecular weight is 719 g/mol. The molecule has 10 aromatic carbocycles. The second-order valence-electron chi connectivity index (χ2n) is 14.4. The number of hydrogen-bond acceptors (Lipinski definition) is 2. The van der Waals surface area contributed by atoms with E-state index in [2.05, 4.69) is 182 Å². The minimum Gasteiger partial charge on any atom is -0.135 e. The molecular weight excluding hydrogens is 689 g/mol. The molecule has 2 heterocycles. The Balaban J connectivity index is 0.956. The molecule has 12 rings (SSSR count). The van der Waals surface area contributed by atoms with E-state index in [4.69, 9.17) is 0 Å². The first kappa shape index (κ1) is 30.2. The van der Waals surface area contributed by atoms with Crippen LogP contribution >= 0.6 is 22.7 Å². The summed E-state index contributed by atoms with van der Waals surface area (Å²) in [6.07, 6.45) is 0. The van der Waals surface area contributed by atoms with Gasteiger partial charge in [-0.3, -0.25) is 0 Å². The Morgan fingerprint density at radius 3 is 1.33 bits per heavy atom. The highest BCUT2D eigenvalue weighted by Gasteiger charge is 2.17. The molecule has 54 heavy (non-hydrogen) atoms. The lowest BCUT2D eigenvalue weighted by Gasteiger charge is -2.18. The Hall–Kier alpha value is -6.32. The SMILES string of the molecule is c1ccc(-c2c3ccccc3c(-c3ccc4cc(-c5ccc6cc7c(cc6c5)sc5cc6sc8ccccc8c6cc57)ccc4c3)c3ccccc23)cc1. The van der Waals surface area contributed by atoms with Crippen molar-refractivity contribution in [1.29, 1.82) is 0 Å². The lowest BCUT2D eigenvalue weighted by Crippen LogP contribution is -1.90. The number of thiophene rings is 2. The summed E-state index contributed by atoms with van der Waals surface area (Å²) in [6.45, 7) is 0. The minimum atomic E-state index is 1.24. The molecule has 2 heteroatoms. The van der Waals surface area contributed by atoms with Crippen LogP contribution in [0.5, 0.6) is 0 Å². The zero-order valence-corrected chi connectivity index (χ0v) is 30.8. The van der Waals surface area contributed by atoms with Gasteiger partial charge in [0.15, 0.2) is 0 Å². The van der Waals surface area contributed by atoms with E-state index >= 15 is 0 Å². The molecule has 0 aliphatic carbocycles. The molecule has 0 saturated carbocycles. The molecule has 0 aliphatic rings. The molecule has 0 aliphatic heterocycles. The first-order valence-electron chi connectivity index (χ1n) is 18.5. The van der Waals surface area contributed by atoms with Gasteiger partial charge in [0.1, 0.15) is 0 Å². The molecule has 0 radical (unpaired) electrons. The summed E-state index contributed by atoms with van der Waals surface area (Å²) < 4.78 is 5.44. The summed E-state index contributed by atoms with van der Waals surface area (Å²) in [5.74, 6) is 0. The fourth-order valence-electron chi connectivity index (χ4n) is 8.85.